The van der Waals surface area contributed by atoms with Crippen LogP contribution in [0, 0.1) is 0 Å². The van der Waals surface area contributed by atoms with Crippen LogP contribution in [0.2, 0.25) is 43.9 Å². The molecule has 0 N–H and O–H groups in total. The number of hydrogen-bond donors (Lipinski definition) is 0. The lowest BCUT2D eigenvalue weighted by molar-refractivity contribution is 0.131. The lowest BCUT2D eigenvalue weighted by Gasteiger charge is -2.28. The van der Waals surface area contributed by atoms with Gasteiger partial charge in [0.25, 0.3) is 18.6 Å². The Morgan fingerprint density at radius 2 is 1.49 bits per heavy atom. The van der Waals surface area contributed by atoms with Gasteiger partial charge in [-0.3, -0.25) is 0 Å². The molecule has 2 aliphatic heterocycles. The summed E-state index contributed by atoms with van der Waals surface area (Å²) in [6, 6.07) is 0.934. The van der Waals surface area contributed by atoms with Gasteiger partial charge in [-0.05, 0) is 64.2 Å². The van der Waals surface area contributed by atoms with Gasteiger partial charge >= 0.3 is 108 Å². The molecule has 262 valence electrons. The quantitative estimate of drug-likeness (QED) is 0.0761. The van der Waals surface area contributed by atoms with Gasteiger partial charge in [0, 0.05) is 12.2 Å². The summed E-state index contributed by atoms with van der Waals surface area (Å²) in [5.41, 5.74) is 0. The average molecular weight is 930 g/mol. The molecule has 2 rings (SSSR count). The molecule has 0 saturated carbocycles. The summed E-state index contributed by atoms with van der Waals surface area (Å²) in [7, 11) is -16.1. The molecule has 2 heterocycles. The summed E-state index contributed by atoms with van der Waals surface area (Å²) < 4.78 is 97.5. The maximum atomic E-state index is 6.06. The van der Waals surface area contributed by atoms with Gasteiger partial charge < -0.3 is 70.6 Å². The molecule has 0 amide bonds. The molecule has 2 fully saturated rings. The van der Waals surface area contributed by atoms with Crippen molar-refractivity contribution in [1.82, 2.24) is 0 Å². The van der Waals surface area contributed by atoms with Gasteiger partial charge in [-0.2, -0.15) is 0 Å². The van der Waals surface area contributed by atoms with E-state index in [1.54, 1.807) is 0 Å². The lowest BCUT2D eigenvalue weighted by atomic mass is 10.3. The Kier molecular flexibility index (Phi) is 27.6. The van der Waals surface area contributed by atoms with E-state index >= 15 is 0 Å². The summed E-state index contributed by atoms with van der Waals surface area (Å²) in [4.78, 5) is 0. The standard InChI is InChI=1S/C14H40O17Si16/c1-10-12(2)15-45(24-37-20-35-21-38-25-46-16-13(3)11-40(5)27-44(9)31-46)29-43(8)23-36-18-33-17-34-19-39-26-47-28-41(6)14(4)32-22-42(7)30-47/h12-14,32,40-44H,10-11H2,1-9H3/t12?,13-,14+,40?,41?,42?,43?,44?/m0/s1. The van der Waals surface area contributed by atoms with Crippen LogP contribution >= 0.6 is 0 Å². The normalized spacial score (nSPS) is 28.5. The molecular weight excluding hydrogens is 890 g/mol. The van der Waals surface area contributed by atoms with Gasteiger partial charge in [0.1, 0.15) is 0 Å². The molecule has 0 spiro atoms. The van der Waals surface area contributed by atoms with Crippen molar-refractivity contribution >= 4 is 154 Å². The molecular formula is C14H40O17Si16. The van der Waals surface area contributed by atoms with Crippen molar-refractivity contribution < 1.29 is 70.6 Å². The van der Waals surface area contributed by atoms with Crippen molar-refractivity contribution in [3.05, 3.63) is 0 Å². The second-order valence-corrected chi connectivity index (χ2v) is 36.3. The van der Waals surface area contributed by atoms with Crippen molar-refractivity contribution in [2.45, 2.75) is 90.3 Å². The van der Waals surface area contributed by atoms with Gasteiger partial charge in [-0.15, -0.1) is 0 Å². The number of rotatable bonds is 23. The van der Waals surface area contributed by atoms with E-state index in [0.29, 0.717) is 5.16 Å². The van der Waals surface area contributed by atoms with E-state index in [1.165, 1.54) is 0 Å². The third-order valence-corrected chi connectivity index (χ3v) is 34.2. The Balaban J connectivity index is 1.52. The zero-order valence-electron chi connectivity index (χ0n) is 27.6. The Hall–Kier alpha value is 2.79. The minimum absolute atomic E-state index is 0.0425. The summed E-state index contributed by atoms with van der Waals surface area (Å²) in [6.45, 7) is 18.3. The highest BCUT2D eigenvalue weighted by molar-refractivity contribution is 6.75. The highest BCUT2D eigenvalue weighted by atomic mass is 28.5. The van der Waals surface area contributed by atoms with E-state index < -0.39 is 74.5 Å². The Morgan fingerprint density at radius 3 is 2.19 bits per heavy atom. The van der Waals surface area contributed by atoms with Crippen molar-refractivity contribution in [2.75, 3.05) is 0 Å². The van der Waals surface area contributed by atoms with E-state index in [1.807, 2.05) is 40.4 Å². The zero-order chi connectivity index (χ0) is 34.4. The van der Waals surface area contributed by atoms with E-state index in [9.17, 15) is 0 Å². The average Bonchev–Trinajstić information content (AvgIpc) is 3.00. The molecule has 8 atom stereocenters. The third-order valence-electron chi connectivity index (χ3n) is 5.56. The molecule has 18 radical (unpaired) electrons. The largest absolute Gasteiger partial charge is 0.558 e. The van der Waals surface area contributed by atoms with E-state index in [0.717, 1.165) is 12.5 Å². The highest BCUT2D eigenvalue weighted by Gasteiger charge is 2.33. The molecule has 0 aromatic carbocycles. The van der Waals surface area contributed by atoms with Crippen LogP contribution in [0.4, 0.5) is 0 Å². The van der Waals surface area contributed by atoms with E-state index in [4.69, 9.17) is 70.6 Å². The first-order valence-electron chi connectivity index (χ1n) is 14.5. The SMILES string of the molecule is CCC(C)O[Si](O[Si]O[Si]O[Si]O[Si]1O[C@@H](C)C[SiH](C)O[SiH](C)O1)O[SiH](C)O[Si]O[Si]O[Si]O[Si]O[Si]1O[SiH](C)O[SiH][C@@H](C)[SiH](C)O1. The van der Waals surface area contributed by atoms with Crippen molar-refractivity contribution in [3.8, 4) is 0 Å². The summed E-state index contributed by atoms with van der Waals surface area (Å²) in [5.74, 6) is 0. The van der Waals surface area contributed by atoms with E-state index in [2.05, 4.69) is 20.0 Å². The predicted molar refractivity (Wildman–Crippen MR) is 192 cm³/mol. The fraction of sp³-hybridized carbons (Fsp3) is 1.00. The van der Waals surface area contributed by atoms with Crippen LogP contribution in [-0.2, 0) is 70.6 Å². The van der Waals surface area contributed by atoms with Crippen LogP contribution in [0.3, 0.4) is 0 Å². The van der Waals surface area contributed by atoms with Gasteiger partial charge in [-0.25, -0.2) is 0 Å². The fourth-order valence-electron chi connectivity index (χ4n) is 3.03. The van der Waals surface area contributed by atoms with Crippen LogP contribution in [0.1, 0.15) is 34.1 Å². The monoisotopic (exact) mass is 928 g/mol. The van der Waals surface area contributed by atoms with Gasteiger partial charge in [0.2, 0.25) is 0 Å². The van der Waals surface area contributed by atoms with E-state index in [-0.39, 0.29) is 92.0 Å². The van der Waals surface area contributed by atoms with Gasteiger partial charge in [-0.1, -0.05) is 13.8 Å². The first-order valence-corrected chi connectivity index (χ1v) is 36.1. The van der Waals surface area contributed by atoms with Crippen LogP contribution in [0.15, 0.2) is 0 Å². The smallest absolute Gasteiger partial charge is 0.441 e. The van der Waals surface area contributed by atoms with Crippen LogP contribution in [0.5, 0.6) is 0 Å². The maximum Gasteiger partial charge on any atom is 0.558 e. The van der Waals surface area contributed by atoms with Crippen LogP contribution in [-0.4, -0.2) is 167 Å². The lowest BCUT2D eigenvalue weighted by Crippen LogP contribution is -2.45. The minimum atomic E-state index is -2.12. The topological polar surface area (TPSA) is 157 Å². The Labute approximate surface area is 313 Å². The van der Waals surface area contributed by atoms with Gasteiger partial charge in [0.15, 0.2) is 27.8 Å². The molecule has 2 saturated heterocycles. The van der Waals surface area contributed by atoms with Gasteiger partial charge in [0.05, 0.1) is 0 Å². The molecule has 17 nitrogen and oxygen atoms in total. The van der Waals surface area contributed by atoms with Crippen molar-refractivity contribution in [1.29, 1.82) is 0 Å². The van der Waals surface area contributed by atoms with Crippen LogP contribution in [0.25, 0.3) is 0 Å². The molecule has 0 aromatic rings. The minimum Gasteiger partial charge on any atom is -0.441 e. The summed E-state index contributed by atoms with van der Waals surface area (Å²) >= 11 is 0. The third kappa shape index (κ3) is 23.2. The molecule has 0 aliphatic carbocycles. The summed E-state index contributed by atoms with van der Waals surface area (Å²) in [5, 5.41) is 0.494. The molecule has 0 bridgehead atoms. The maximum absolute atomic E-state index is 6.06. The second kappa shape index (κ2) is 28.3. The molecule has 6 unspecified atom stereocenters. The Morgan fingerprint density at radius 1 is 0.872 bits per heavy atom. The van der Waals surface area contributed by atoms with Crippen molar-refractivity contribution in [2.24, 2.45) is 0 Å². The molecule has 47 heavy (non-hydrogen) atoms. The number of hydrogen-bond acceptors (Lipinski definition) is 17. The summed E-state index contributed by atoms with van der Waals surface area (Å²) in [6.07, 6.45) is 0.809. The Bertz CT molecular complexity index is 769. The highest BCUT2D eigenvalue weighted by Crippen LogP contribution is 2.15. The molecule has 33 heteroatoms. The van der Waals surface area contributed by atoms with Crippen molar-refractivity contribution in [3.63, 3.8) is 0 Å². The predicted octanol–water partition coefficient (Wildman–Crippen LogP) is -2.87. The first-order chi connectivity index (χ1) is 22.5. The first kappa shape index (κ1) is 45.9. The molecule has 0 aromatic heterocycles. The fourth-order valence-corrected chi connectivity index (χ4v) is 29.9. The zero-order valence-corrected chi connectivity index (χ0v) is 44.5. The van der Waals surface area contributed by atoms with Crippen LogP contribution < -0.4 is 0 Å². The molecule has 2 aliphatic rings. The second-order valence-electron chi connectivity index (χ2n) is 9.73.